The molecule has 0 radical (unpaired) electrons. The van der Waals surface area contributed by atoms with E-state index in [2.05, 4.69) is 10.6 Å². The Bertz CT molecular complexity index is 641. The first-order valence-electron chi connectivity index (χ1n) is 7.72. The molecular formula is C19H22N2O2. The molecule has 0 aliphatic rings. The highest BCUT2D eigenvalue weighted by atomic mass is 16.2. The predicted molar refractivity (Wildman–Crippen MR) is 90.8 cm³/mol. The minimum absolute atomic E-state index is 0.115. The number of nitrogens with one attached hydrogen (secondary N) is 2. The summed E-state index contributed by atoms with van der Waals surface area (Å²) >= 11 is 0. The number of hydrogen-bond acceptors (Lipinski definition) is 2. The first-order chi connectivity index (χ1) is 11.1. The monoisotopic (exact) mass is 310 g/mol. The van der Waals surface area contributed by atoms with E-state index in [1.807, 2.05) is 67.6 Å². The molecule has 2 aromatic carbocycles. The van der Waals surface area contributed by atoms with Crippen LogP contribution in [0.4, 0.5) is 0 Å². The van der Waals surface area contributed by atoms with E-state index in [0.29, 0.717) is 6.42 Å². The lowest BCUT2D eigenvalue weighted by Crippen LogP contribution is -2.47. The van der Waals surface area contributed by atoms with Gasteiger partial charge in [0.1, 0.15) is 6.04 Å². The number of amides is 2. The summed E-state index contributed by atoms with van der Waals surface area (Å²) in [5.74, 6) is -0.395. The van der Waals surface area contributed by atoms with Gasteiger partial charge in [0, 0.05) is 13.3 Å². The van der Waals surface area contributed by atoms with Gasteiger partial charge in [-0.05, 0) is 18.1 Å². The van der Waals surface area contributed by atoms with E-state index < -0.39 is 6.04 Å². The summed E-state index contributed by atoms with van der Waals surface area (Å²) in [4.78, 5) is 24.0. The summed E-state index contributed by atoms with van der Waals surface area (Å²) in [5, 5.41) is 5.70. The quantitative estimate of drug-likeness (QED) is 0.861. The highest BCUT2D eigenvalue weighted by molar-refractivity contribution is 5.87. The minimum Gasteiger partial charge on any atom is -0.348 e. The molecule has 0 saturated carbocycles. The minimum atomic E-state index is -0.582. The Morgan fingerprint density at radius 3 is 2.04 bits per heavy atom. The first-order valence-corrected chi connectivity index (χ1v) is 7.72. The molecule has 0 unspecified atom stereocenters. The molecule has 0 aromatic heterocycles. The van der Waals surface area contributed by atoms with Crippen LogP contribution in [0.25, 0.3) is 0 Å². The van der Waals surface area contributed by atoms with Gasteiger partial charge in [0.05, 0.1) is 6.04 Å². The fraction of sp³-hybridized carbons (Fsp3) is 0.263. The Balaban J connectivity index is 2.05. The topological polar surface area (TPSA) is 58.2 Å². The molecule has 2 N–H and O–H groups in total. The van der Waals surface area contributed by atoms with Gasteiger partial charge < -0.3 is 10.6 Å². The van der Waals surface area contributed by atoms with Crippen molar-refractivity contribution in [2.45, 2.75) is 32.4 Å². The zero-order valence-corrected chi connectivity index (χ0v) is 13.5. The fourth-order valence-corrected chi connectivity index (χ4v) is 2.44. The third kappa shape index (κ3) is 5.25. The Kier molecular flexibility index (Phi) is 5.92. The summed E-state index contributed by atoms with van der Waals surface area (Å²) in [6.07, 6.45) is 0.466. The van der Waals surface area contributed by atoms with Crippen LogP contribution in [0.15, 0.2) is 60.7 Å². The molecule has 23 heavy (non-hydrogen) atoms. The van der Waals surface area contributed by atoms with Crippen molar-refractivity contribution in [2.24, 2.45) is 0 Å². The second-order valence-corrected chi connectivity index (χ2v) is 5.58. The van der Waals surface area contributed by atoms with Gasteiger partial charge in [-0.1, -0.05) is 60.7 Å². The zero-order valence-electron chi connectivity index (χ0n) is 13.5. The van der Waals surface area contributed by atoms with Crippen molar-refractivity contribution in [1.29, 1.82) is 0 Å². The molecule has 4 heteroatoms. The molecule has 2 atom stereocenters. The average molecular weight is 310 g/mol. The fourth-order valence-electron chi connectivity index (χ4n) is 2.44. The van der Waals surface area contributed by atoms with Crippen LogP contribution in [0.3, 0.4) is 0 Å². The SMILES string of the molecule is CC(=O)N[C@@H](Cc1ccccc1)C(=O)N[C@@H](C)c1ccccc1. The van der Waals surface area contributed by atoms with Crippen LogP contribution in [-0.4, -0.2) is 17.9 Å². The molecule has 2 rings (SSSR count). The first kappa shape index (κ1) is 16.7. The van der Waals surface area contributed by atoms with E-state index in [-0.39, 0.29) is 17.9 Å². The molecule has 4 nitrogen and oxygen atoms in total. The number of carbonyl (C=O) groups excluding carboxylic acids is 2. The van der Waals surface area contributed by atoms with E-state index in [4.69, 9.17) is 0 Å². The number of carbonyl (C=O) groups is 2. The van der Waals surface area contributed by atoms with Crippen LogP contribution in [0, 0.1) is 0 Å². The van der Waals surface area contributed by atoms with Crippen LogP contribution in [-0.2, 0) is 16.0 Å². The molecular weight excluding hydrogens is 288 g/mol. The van der Waals surface area contributed by atoms with Gasteiger partial charge in [0.15, 0.2) is 0 Å². The molecule has 0 saturated heterocycles. The molecule has 0 aliphatic carbocycles. The average Bonchev–Trinajstić information content (AvgIpc) is 2.55. The smallest absolute Gasteiger partial charge is 0.243 e. The zero-order chi connectivity index (χ0) is 16.7. The summed E-state index contributed by atoms with van der Waals surface area (Å²) < 4.78 is 0. The van der Waals surface area contributed by atoms with Gasteiger partial charge in [0.2, 0.25) is 11.8 Å². The number of rotatable bonds is 6. The van der Waals surface area contributed by atoms with E-state index in [9.17, 15) is 9.59 Å². The largest absolute Gasteiger partial charge is 0.348 e. The summed E-state index contributed by atoms with van der Waals surface area (Å²) in [6, 6.07) is 18.7. The van der Waals surface area contributed by atoms with Crippen molar-refractivity contribution in [2.75, 3.05) is 0 Å². The molecule has 0 bridgehead atoms. The number of benzene rings is 2. The van der Waals surface area contributed by atoms with Crippen LogP contribution < -0.4 is 10.6 Å². The lowest BCUT2D eigenvalue weighted by atomic mass is 10.0. The molecule has 2 aromatic rings. The van der Waals surface area contributed by atoms with Gasteiger partial charge in [-0.15, -0.1) is 0 Å². The maximum Gasteiger partial charge on any atom is 0.243 e. The van der Waals surface area contributed by atoms with E-state index >= 15 is 0 Å². The molecule has 0 spiro atoms. The van der Waals surface area contributed by atoms with Gasteiger partial charge in [0.25, 0.3) is 0 Å². The summed E-state index contributed by atoms with van der Waals surface area (Å²) in [6.45, 7) is 3.35. The maximum atomic E-state index is 12.5. The second kappa shape index (κ2) is 8.13. The standard InChI is InChI=1S/C19H22N2O2/c1-14(17-11-7-4-8-12-17)20-19(23)18(21-15(2)22)13-16-9-5-3-6-10-16/h3-12,14,18H,13H2,1-2H3,(H,20,23)(H,21,22)/t14-,18-/m0/s1. The Morgan fingerprint density at radius 1 is 0.913 bits per heavy atom. The van der Waals surface area contributed by atoms with Crippen LogP contribution in [0.1, 0.15) is 31.0 Å². The number of hydrogen-bond donors (Lipinski definition) is 2. The van der Waals surface area contributed by atoms with Gasteiger partial charge in [-0.2, -0.15) is 0 Å². The highest BCUT2D eigenvalue weighted by Gasteiger charge is 2.21. The Labute approximate surface area is 136 Å². The van der Waals surface area contributed by atoms with Gasteiger partial charge >= 0.3 is 0 Å². The van der Waals surface area contributed by atoms with Gasteiger partial charge in [-0.25, -0.2) is 0 Å². The molecule has 0 fully saturated rings. The van der Waals surface area contributed by atoms with E-state index in [1.165, 1.54) is 6.92 Å². The van der Waals surface area contributed by atoms with Crippen molar-refractivity contribution < 1.29 is 9.59 Å². The van der Waals surface area contributed by atoms with Crippen molar-refractivity contribution in [1.82, 2.24) is 10.6 Å². The lowest BCUT2D eigenvalue weighted by Gasteiger charge is -2.21. The second-order valence-electron chi connectivity index (χ2n) is 5.58. The predicted octanol–water partition coefficient (Wildman–Crippen LogP) is 2.61. The third-order valence-corrected chi connectivity index (χ3v) is 3.63. The van der Waals surface area contributed by atoms with Crippen molar-refractivity contribution in [3.8, 4) is 0 Å². The third-order valence-electron chi connectivity index (χ3n) is 3.63. The van der Waals surface area contributed by atoms with Crippen molar-refractivity contribution in [3.05, 3.63) is 71.8 Å². The van der Waals surface area contributed by atoms with E-state index in [1.54, 1.807) is 0 Å². The summed E-state index contributed by atoms with van der Waals surface area (Å²) in [7, 11) is 0. The maximum absolute atomic E-state index is 12.5. The molecule has 120 valence electrons. The lowest BCUT2D eigenvalue weighted by molar-refractivity contribution is -0.128. The highest BCUT2D eigenvalue weighted by Crippen LogP contribution is 2.12. The molecule has 0 aliphatic heterocycles. The van der Waals surface area contributed by atoms with Gasteiger partial charge in [-0.3, -0.25) is 9.59 Å². The van der Waals surface area contributed by atoms with Crippen molar-refractivity contribution in [3.63, 3.8) is 0 Å². The molecule has 2 amide bonds. The molecule has 0 heterocycles. The summed E-state index contributed by atoms with van der Waals surface area (Å²) in [5.41, 5.74) is 2.04. The van der Waals surface area contributed by atoms with Crippen LogP contribution in [0.2, 0.25) is 0 Å². The normalized spacial score (nSPS) is 13.0. The van der Waals surface area contributed by atoms with Crippen LogP contribution >= 0.6 is 0 Å². The Morgan fingerprint density at radius 2 is 1.48 bits per heavy atom. The van der Waals surface area contributed by atoms with Crippen LogP contribution in [0.5, 0.6) is 0 Å². The van der Waals surface area contributed by atoms with E-state index in [0.717, 1.165) is 11.1 Å². The Hall–Kier alpha value is -2.62. The van der Waals surface area contributed by atoms with Crippen molar-refractivity contribution >= 4 is 11.8 Å².